The minimum absolute atomic E-state index is 0.319. The van der Waals surface area contributed by atoms with Crippen LogP contribution >= 0.6 is 0 Å². The van der Waals surface area contributed by atoms with Crippen molar-refractivity contribution in [2.45, 2.75) is 32.7 Å². The first-order valence-electron chi connectivity index (χ1n) is 9.37. The van der Waals surface area contributed by atoms with Crippen LogP contribution in [0.25, 0.3) is 0 Å². The number of amides is 1. The maximum atomic E-state index is 12.5. The van der Waals surface area contributed by atoms with Crippen molar-refractivity contribution in [3.05, 3.63) is 60.2 Å². The predicted molar refractivity (Wildman–Crippen MR) is 112 cm³/mol. The molecule has 152 valence electrons. The van der Waals surface area contributed by atoms with E-state index in [1.165, 1.54) is 0 Å². The molecular weight excluding hydrogens is 376 g/mol. The van der Waals surface area contributed by atoms with Crippen LogP contribution in [0.2, 0.25) is 0 Å². The summed E-state index contributed by atoms with van der Waals surface area (Å²) in [6.07, 6.45) is 2.68. The van der Waals surface area contributed by atoms with Crippen LogP contribution in [-0.4, -0.2) is 39.8 Å². The Morgan fingerprint density at radius 1 is 1.11 bits per heavy atom. The molecule has 0 heterocycles. The molecule has 28 heavy (non-hydrogen) atoms. The van der Waals surface area contributed by atoms with Gasteiger partial charge in [-0.1, -0.05) is 30.3 Å². The summed E-state index contributed by atoms with van der Waals surface area (Å²) in [5, 5.41) is 2.84. The van der Waals surface area contributed by atoms with Crippen LogP contribution < -0.4 is 14.4 Å². The number of ether oxygens (including phenoxy) is 1. The van der Waals surface area contributed by atoms with Crippen LogP contribution in [0.15, 0.2) is 54.6 Å². The Kier molecular flexibility index (Phi) is 7.87. The normalized spacial score (nSPS) is 12.2. The lowest BCUT2D eigenvalue weighted by Crippen LogP contribution is -2.48. The first-order chi connectivity index (χ1) is 13.3. The van der Waals surface area contributed by atoms with E-state index in [2.05, 4.69) is 5.32 Å². The minimum atomic E-state index is -3.58. The van der Waals surface area contributed by atoms with Crippen molar-refractivity contribution in [1.82, 2.24) is 5.32 Å². The number of anilines is 1. The fraction of sp³-hybridized carbons (Fsp3) is 0.381. The Hall–Kier alpha value is -2.54. The molecule has 0 aliphatic heterocycles. The molecule has 0 aromatic heterocycles. The maximum Gasteiger partial charge on any atom is 0.243 e. The molecule has 0 fully saturated rings. The number of nitrogens with one attached hydrogen (secondary N) is 1. The summed E-state index contributed by atoms with van der Waals surface area (Å²) in [5.41, 5.74) is 1.63. The molecular formula is C21H28N2O4S. The van der Waals surface area contributed by atoms with E-state index in [0.717, 1.165) is 34.7 Å². The second-order valence-corrected chi connectivity index (χ2v) is 8.40. The summed E-state index contributed by atoms with van der Waals surface area (Å²) in [6, 6.07) is 15.7. The zero-order valence-electron chi connectivity index (χ0n) is 16.6. The smallest absolute Gasteiger partial charge is 0.243 e. The van der Waals surface area contributed by atoms with Crippen LogP contribution in [0.4, 0.5) is 5.69 Å². The van der Waals surface area contributed by atoms with Gasteiger partial charge < -0.3 is 10.1 Å². The van der Waals surface area contributed by atoms with Crippen molar-refractivity contribution >= 4 is 21.6 Å². The fourth-order valence-corrected chi connectivity index (χ4v) is 4.13. The second-order valence-electron chi connectivity index (χ2n) is 6.54. The van der Waals surface area contributed by atoms with Gasteiger partial charge in [0.05, 0.1) is 18.6 Å². The number of nitrogens with zero attached hydrogens (tertiary/aromatic N) is 1. The predicted octanol–water partition coefficient (Wildman–Crippen LogP) is 2.99. The third kappa shape index (κ3) is 6.27. The van der Waals surface area contributed by atoms with E-state index in [4.69, 9.17) is 4.74 Å². The van der Waals surface area contributed by atoms with Gasteiger partial charge in [-0.15, -0.1) is 0 Å². The van der Waals surface area contributed by atoms with Crippen molar-refractivity contribution in [2.24, 2.45) is 0 Å². The van der Waals surface area contributed by atoms with Gasteiger partial charge in [0, 0.05) is 6.54 Å². The highest BCUT2D eigenvalue weighted by Gasteiger charge is 2.28. The van der Waals surface area contributed by atoms with E-state index in [9.17, 15) is 13.2 Å². The Labute approximate surface area is 167 Å². The van der Waals surface area contributed by atoms with Gasteiger partial charge in [-0.2, -0.15) is 0 Å². The number of hydrogen-bond acceptors (Lipinski definition) is 4. The lowest BCUT2D eigenvalue weighted by molar-refractivity contribution is -0.121. The fourth-order valence-electron chi connectivity index (χ4n) is 2.95. The van der Waals surface area contributed by atoms with Crippen LogP contribution in [-0.2, 0) is 21.2 Å². The van der Waals surface area contributed by atoms with Crippen molar-refractivity contribution in [3.63, 3.8) is 0 Å². The van der Waals surface area contributed by atoms with Gasteiger partial charge in [0.15, 0.2) is 0 Å². The van der Waals surface area contributed by atoms with E-state index in [1.807, 2.05) is 31.2 Å². The average molecular weight is 405 g/mol. The Morgan fingerprint density at radius 2 is 1.75 bits per heavy atom. The monoisotopic (exact) mass is 404 g/mol. The number of aryl methyl sites for hydroxylation is 1. The molecule has 0 saturated heterocycles. The number of sulfonamides is 1. The average Bonchev–Trinajstić information content (AvgIpc) is 2.66. The van der Waals surface area contributed by atoms with E-state index in [-0.39, 0.29) is 5.91 Å². The van der Waals surface area contributed by atoms with Gasteiger partial charge in [-0.3, -0.25) is 9.10 Å². The standard InChI is InChI=1S/C21H28N2O4S/c1-4-27-20-14-12-18(13-15-20)9-8-16-22-21(24)17(2)23(28(3,25)26)19-10-6-5-7-11-19/h5-7,10-15,17H,4,8-9,16H2,1-3H3,(H,22,24)/t17-/m1/s1. The quantitative estimate of drug-likeness (QED) is 0.618. The van der Waals surface area contributed by atoms with Crippen molar-refractivity contribution in [2.75, 3.05) is 23.7 Å². The number of carbonyl (C=O) groups excluding carboxylic acids is 1. The van der Waals surface area contributed by atoms with Crippen molar-refractivity contribution < 1.29 is 17.9 Å². The lowest BCUT2D eigenvalue weighted by Gasteiger charge is -2.28. The Morgan fingerprint density at radius 3 is 2.32 bits per heavy atom. The molecule has 1 N–H and O–H groups in total. The highest BCUT2D eigenvalue weighted by molar-refractivity contribution is 7.92. The first kappa shape index (κ1) is 21.8. The van der Waals surface area contributed by atoms with Gasteiger partial charge in [0.2, 0.25) is 15.9 Å². The Bertz CT molecular complexity index is 852. The number of para-hydroxylation sites is 1. The second kappa shape index (κ2) is 10.1. The maximum absolute atomic E-state index is 12.5. The van der Waals surface area contributed by atoms with Gasteiger partial charge in [0.1, 0.15) is 11.8 Å². The SMILES string of the molecule is CCOc1ccc(CCCNC(=O)[C@@H](C)N(c2ccccc2)S(C)(=O)=O)cc1. The molecule has 0 unspecified atom stereocenters. The van der Waals surface area contributed by atoms with Gasteiger partial charge >= 0.3 is 0 Å². The highest BCUT2D eigenvalue weighted by Crippen LogP contribution is 2.20. The molecule has 7 heteroatoms. The van der Waals surface area contributed by atoms with Crippen LogP contribution in [0.1, 0.15) is 25.8 Å². The van der Waals surface area contributed by atoms with Crippen LogP contribution in [0, 0.1) is 0 Å². The molecule has 2 rings (SSSR count). The van der Waals surface area contributed by atoms with E-state index >= 15 is 0 Å². The van der Waals surface area contributed by atoms with E-state index in [1.54, 1.807) is 37.3 Å². The molecule has 0 spiro atoms. The summed E-state index contributed by atoms with van der Waals surface area (Å²) in [5.74, 6) is 0.524. The summed E-state index contributed by atoms with van der Waals surface area (Å²) in [7, 11) is -3.58. The third-order valence-electron chi connectivity index (χ3n) is 4.27. The highest BCUT2D eigenvalue weighted by atomic mass is 32.2. The van der Waals surface area contributed by atoms with Gasteiger partial charge in [-0.05, 0) is 56.5 Å². The number of hydrogen-bond donors (Lipinski definition) is 1. The third-order valence-corrected chi connectivity index (χ3v) is 5.52. The van der Waals surface area contributed by atoms with E-state index < -0.39 is 16.1 Å². The van der Waals surface area contributed by atoms with E-state index in [0.29, 0.717) is 18.8 Å². The number of benzene rings is 2. The molecule has 2 aromatic rings. The van der Waals surface area contributed by atoms with Crippen LogP contribution in [0.3, 0.4) is 0 Å². The number of carbonyl (C=O) groups is 1. The zero-order chi connectivity index (χ0) is 20.6. The molecule has 0 aliphatic carbocycles. The topological polar surface area (TPSA) is 75.7 Å². The van der Waals surface area contributed by atoms with Gasteiger partial charge in [-0.25, -0.2) is 8.42 Å². The molecule has 1 amide bonds. The van der Waals surface area contributed by atoms with Crippen LogP contribution in [0.5, 0.6) is 5.75 Å². The summed E-state index contributed by atoms with van der Waals surface area (Å²) in [4.78, 5) is 12.5. The summed E-state index contributed by atoms with van der Waals surface area (Å²) < 4.78 is 31.0. The molecule has 0 bridgehead atoms. The lowest BCUT2D eigenvalue weighted by atomic mass is 10.1. The molecule has 1 atom stereocenters. The van der Waals surface area contributed by atoms with Crippen molar-refractivity contribution in [1.29, 1.82) is 0 Å². The molecule has 0 radical (unpaired) electrons. The Balaban J connectivity index is 1.89. The molecule has 6 nitrogen and oxygen atoms in total. The summed E-state index contributed by atoms with van der Waals surface area (Å²) in [6.45, 7) is 4.65. The first-order valence-corrected chi connectivity index (χ1v) is 11.2. The number of rotatable bonds is 10. The largest absolute Gasteiger partial charge is 0.494 e. The zero-order valence-corrected chi connectivity index (χ0v) is 17.4. The molecule has 2 aromatic carbocycles. The summed E-state index contributed by atoms with van der Waals surface area (Å²) >= 11 is 0. The van der Waals surface area contributed by atoms with Crippen molar-refractivity contribution in [3.8, 4) is 5.75 Å². The molecule has 0 saturated carbocycles. The minimum Gasteiger partial charge on any atom is -0.494 e. The van der Waals surface area contributed by atoms with Gasteiger partial charge in [0.25, 0.3) is 0 Å². The molecule has 0 aliphatic rings.